The molecule has 1 aromatic heterocycles. The van der Waals surface area contributed by atoms with E-state index >= 15 is 0 Å². The first-order valence-electron chi connectivity index (χ1n) is 8.78. The Morgan fingerprint density at radius 3 is 2.60 bits per heavy atom. The minimum Gasteiger partial charge on any atom is -0.381 e. The molecule has 6 heteroatoms. The number of nitrogens with one attached hydrogen (secondary N) is 2. The van der Waals surface area contributed by atoms with E-state index in [0.29, 0.717) is 6.54 Å². The molecular formula is C19H27N5O. The number of hydrogen-bond acceptors (Lipinski definition) is 3. The summed E-state index contributed by atoms with van der Waals surface area (Å²) in [7, 11) is 3.75. The van der Waals surface area contributed by atoms with Crippen molar-refractivity contribution in [3.63, 3.8) is 0 Å². The molecule has 25 heavy (non-hydrogen) atoms. The highest BCUT2D eigenvalue weighted by Crippen LogP contribution is 2.34. The average molecular weight is 341 g/mol. The second kappa shape index (κ2) is 8.16. The van der Waals surface area contributed by atoms with Crippen LogP contribution in [0.2, 0.25) is 0 Å². The summed E-state index contributed by atoms with van der Waals surface area (Å²) in [5.74, 6) is 0.808. The first kappa shape index (κ1) is 17.5. The molecule has 2 N–H and O–H groups in total. The van der Waals surface area contributed by atoms with Crippen molar-refractivity contribution in [2.45, 2.75) is 24.8 Å². The second-order valence-electron chi connectivity index (χ2n) is 6.48. The third-order valence-corrected chi connectivity index (χ3v) is 5.01. The lowest BCUT2D eigenvalue weighted by atomic mass is 9.74. The highest BCUT2D eigenvalue weighted by Gasteiger charge is 2.34. The lowest BCUT2D eigenvalue weighted by molar-refractivity contribution is 0.0514. The Kier molecular flexibility index (Phi) is 5.71. The van der Waals surface area contributed by atoms with Gasteiger partial charge in [0.1, 0.15) is 0 Å². The van der Waals surface area contributed by atoms with E-state index in [0.717, 1.165) is 44.3 Å². The van der Waals surface area contributed by atoms with Crippen molar-refractivity contribution in [1.29, 1.82) is 0 Å². The summed E-state index contributed by atoms with van der Waals surface area (Å²) in [6.45, 7) is 3.14. The van der Waals surface area contributed by atoms with Crippen LogP contribution >= 0.6 is 0 Å². The number of aryl methyl sites for hydroxylation is 1. The van der Waals surface area contributed by atoms with Gasteiger partial charge in [-0.1, -0.05) is 30.3 Å². The standard InChI is InChI=1S/C19H27N5O/c1-20-18(21-14-17-8-11-23-24(17)2)22-15-19(9-12-25-13-10-19)16-6-4-3-5-7-16/h3-8,11H,9-10,12-15H2,1-2H3,(H2,20,21,22). The van der Waals surface area contributed by atoms with Gasteiger partial charge in [-0.2, -0.15) is 5.10 Å². The van der Waals surface area contributed by atoms with E-state index in [4.69, 9.17) is 4.74 Å². The van der Waals surface area contributed by atoms with Crippen molar-refractivity contribution >= 4 is 5.96 Å². The van der Waals surface area contributed by atoms with Crippen molar-refractivity contribution in [3.05, 3.63) is 53.9 Å². The van der Waals surface area contributed by atoms with Gasteiger partial charge in [0.2, 0.25) is 0 Å². The summed E-state index contributed by atoms with van der Waals surface area (Å²) in [6, 6.07) is 12.7. The van der Waals surface area contributed by atoms with E-state index in [9.17, 15) is 0 Å². The molecule has 0 unspecified atom stereocenters. The zero-order valence-electron chi connectivity index (χ0n) is 15.0. The van der Waals surface area contributed by atoms with Gasteiger partial charge >= 0.3 is 0 Å². The Bertz CT molecular complexity index is 689. The van der Waals surface area contributed by atoms with Gasteiger partial charge in [0.15, 0.2) is 5.96 Å². The Labute approximate surface area is 149 Å². The lowest BCUT2D eigenvalue weighted by Gasteiger charge is -2.38. The number of ether oxygens (including phenoxy) is 1. The summed E-state index contributed by atoms with van der Waals surface area (Å²) in [5, 5.41) is 11.1. The molecule has 1 aliphatic heterocycles. The highest BCUT2D eigenvalue weighted by molar-refractivity contribution is 5.79. The molecule has 1 saturated heterocycles. The Hall–Kier alpha value is -2.34. The Morgan fingerprint density at radius 2 is 1.96 bits per heavy atom. The Morgan fingerprint density at radius 1 is 1.20 bits per heavy atom. The molecule has 6 nitrogen and oxygen atoms in total. The van der Waals surface area contributed by atoms with Gasteiger partial charge in [-0.3, -0.25) is 9.67 Å². The molecule has 1 aliphatic rings. The molecule has 0 atom stereocenters. The molecule has 2 aromatic rings. The van der Waals surface area contributed by atoms with Crippen LogP contribution in [-0.4, -0.2) is 42.5 Å². The normalized spacial score (nSPS) is 17.3. The fourth-order valence-electron chi connectivity index (χ4n) is 3.34. The summed E-state index contributed by atoms with van der Waals surface area (Å²) < 4.78 is 7.47. The van der Waals surface area contributed by atoms with Crippen molar-refractivity contribution < 1.29 is 4.74 Å². The highest BCUT2D eigenvalue weighted by atomic mass is 16.5. The van der Waals surface area contributed by atoms with Gasteiger partial charge in [-0.25, -0.2) is 0 Å². The van der Waals surface area contributed by atoms with Crippen LogP contribution < -0.4 is 10.6 Å². The number of benzene rings is 1. The third kappa shape index (κ3) is 4.20. The first-order chi connectivity index (χ1) is 12.2. The van der Waals surface area contributed by atoms with E-state index in [1.807, 2.05) is 17.8 Å². The van der Waals surface area contributed by atoms with Crippen molar-refractivity contribution in [1.82, 2.24) is 20.4 Å². The van der Waals surface area contributed by atoms with Gasteiger partial charge in [0.25, 0.3) is 0 Å². The van der Waals surface area contributed by atoms with E-state index in [1.54, 1.807) is 13.2 Å². The molecular weight excluding hydrogens is 314 g/mol. The zero-order valence-corrected chi connectivity index (χ0v) is 15.0. The van der Waals surface area contributed by atoms with Gasteiger partial charge in [-0.05, 0) is 24.5 Å². The monoisotopic (exact) mass is 341 g/mol. The molecule has 0 spiro atoms. The lowest BCUT2D eigenvalue weighted by Crippen LogP contribution is -2.48. The van der Waals surface area contributed by atoms with E-state index in [2.05, 4.69) is 51.1 Å². The predicted molar refractivity (Wildman–Crippen MR) is 99.6 cm³/mol. The molecule has 134 valence electrons. The minimum absolute atomic E-state index is 0.0870. The van der Waals surface area contributed by atoms with Crippen LogP contribution in [0.15, 0.2) is 47.6 Å². The maximum absolute atomic E-state index is 5.61. The predicted octanol–water partition coefficient (Wildman–Crippen LogP) is 1.83. The van der Waals surface area contributed by atoms with Crippen molar-refractivity contribution in [3.8, 4) is 0 Å². The van der Waals surface area contributed by atoms with E-state index in [-0.39, 0.29) is 5.41 Å². The summed E-state index contributed by atoms with van der Waals surface area (Å²) in [5.41, 5.74) is 2.57. The van der Waals surface area contributed by atoms with Crippen LogP contribution in [0.4, 0.5) is 0 Å². The quantitative estimate of drug-likeness (QED) is 0.643. The fraction of sp³-hybridized carbons (Fsp3) is 0.474. The van der Waals surface area contributed by atoms with Crippen molar-refractivity contribution in [2.24, 2.45) is 12.0 Å². The molecule has 0 radical (unpaired) electrons. The van der Waals surface area contributed by atoms with Crippen molar-refractivity contribution in [2.75, 3.05) is 26.8 Å². The van der Waals surface area contributed by atoms with Gasteiger partial charge in [-0.15, -0.1) is 0 Å². The summed E-state index contributed by atoms with van der Waals surface area (Å²) in [4.78, 5) is 4.36. The number of rotatable bonds is 5. The number of nitrogens with zero attached hydrogens (tertiary/aromatic N) is 3. The maximum Gasteiger partial charge on any atom is 0.191 e. The van der Waals surface area contributed by atoms with Gasteiger partial charge < -0.3 is 15.4 Å². The first-order valence-corrected chi connectivity index (χ1v) is 8.78. The van der Waals surface area contributed by atoms with Crippen LogP contribution in [0.5, 0.6) is 0 Å². The van der Waals surface area contributed by atoms with Crippen LogP contribution in [0.3, 0.4) is 0 Å². The zero-order chi connectivity index (χ0) is 17.5. The van der Waals surface area contributed by atoms with Crippen LogP contribution in [0.25, 0.3) is 0 Å². The molecule has 1 aromatic carbocycles. The molecule has 2 heterocycles. The topological polar surface area (TPSA) is 63.5 Å². The van der Waals surface area contributed by atoms with E-state index < -0.39 is 0 Å². The van der Waals surface area contributed by atoms with Gasteiger partial charge in [0.05, 0.1) is 12.2 Å². The van der Waals surface area contributed by atoms with Crippen LogP contribution in [0, 0.1) is 0 Å². The molecule has 1 fully saturated rings. The Balaban J connectivity index is 1.64. The number of hydrogen-bond donors (Lipinski definition) is 2. The minimum atomic E-state index is 0.0870. The second-order valence-corrected chi connectivity index (χ2v) is 6.48. The molecule has 3 rings (SSSR count). The largest absolute Gasteiger partial charge is 0.381 e. The fourth-order valence-corrected chi connectivity index (χ4v) is 3.34. The smallest absolute Gasteiger partial charge is 0.191 e. The maximum atomic E-state index is 5.61. The van der Waals surface area contributed by atoms with Crippen LogP contribution in [-0.2, 0) is 23.7 Å². The number of aromatic nitrogens is 2. The van der Waals surface area contributed by atoms with E-state index in [1.165, 1.54) is 5.56 Å². The molecule has 0 bridgehead atoms. The average Bonchev–Trinajstić information content (AvgIpc) is 3.08. The van der Waals surface area contributed by atoms with Gasteiger partial charge in [0, 0.05) is 45.5 Å². The summed E-state index contributed by atoms with van der Waals surface area (Å²) >= 11 is 0. The summed E-state index contributed by atoms with van der Waals surface area (Å²) in [6.07, 6.45) is 3.84. The number of aliphatic imine (C=N–C) groups is 1. The third-order valence-electron chi connectivity index (χ3n) is 5.01. The molecule has 0 saturated carbocycles. The molecule has 0 amide bonds. The van der Waals surface area contributed by atoms with Crippen LogP contribution in [0.1, 0.15) is 24.1 Å². The molecule has 0 aliphatic carbocycles. The number of guanidine groups is 1. The SMILES string of the molecule is CN=C(NCc1ccnn1C)NCC1(c2ccccc2)CCOCC1.